The van der Waals surface area contributed by atoms with Crippen molar-refractivity contribution < 1.29 is 9.63 Å². The Morgan fingerprint density at radius 3 is 2.90 bits per heavy atom. The van der Waals surface area contributed by atoms with Crippen LogP contribution in [0, 0.1) is 0 Å². The van der Waals surface area contributed by atoms with Crippen LogP contribution in [0.15, 0.2) is 12.1 Å². The molecule has 0 radical (unpaired) electrons. The third-order valence-corrected chi connectivity index (χ3v) is 3.50. The molecule has 0 unspecified atom stereocenters. The average Bonchev–Trinajstić information content (AvgIpc) is 2.87. The number of hydrogen-bond donors (Lipinski definition) is 2. The second kappa shape index (κ2) is 7.13. The smallest absolute Gasteiger partial charge is 0.224 e. The van der Waals surface area contributed by atoms with Crippen molar-refractivity contribution in [3.8, 4) is 0 Å². The summed E-state index contributed by atoms with van der Waals surface area (Å²) in [4.78, 5) is 17.2. The molecule has 3 N–H and O–H groups in total. The number of anilines is 2. The van der Waals surface area contributed by atoms with E-state index in [-0.39, 0.29) is 5.91 Å². The summed E-state index contributed by atoms with van der Waals surface area (Å²) in [5.74, 6) is -0.125. The molecule has 1 aromatic carbocycles. The van der Waals surface area contributed by atoms with Gasteiger partial charge in [0, 0.05) is 24.5 Å². The van der Waals surface area contributed by atoms with E-state index in [0.29, 0.717) is 27.8 Å². The molecule has 0 saturated carbocycles. The molecule has 1 fully saturated rings. The van der Waals surface area contributed by atoms with Crippen molar-refractivity contribution >= 4 is 40.5 Å². The maximum Gasteiger partial charge on any atom is 0.224 e. The number of benzene rings is 1. The van der Waals surface area contributed by atoms with E-state index in [4.69, 9.17) is 33.8 Å². The minimum Gasteiger partial charge on any atom is -0.397 e. The van der Waals surface area contributed by atoms with Gasteiger partial charge in [0.05, 0.1) is 23.0 Å². The fourth-order valence-electron chi connectivity index (χ4n) is 2.02. The average molecular weight is 318 g/mol. The Hall–Kier alpha value is -1.01. The minimum absolute atomic E-state index is 0.125. The van der Waals surface area contributed by atoms with Crippen LogP contribution >= 0.6 is 23.2 Å². The topological polar surface area (TPSA) is 67.6 Å². The molecular formula is C13H17Cl2N3O2. The van der Waals surface area contributed by atoms with Gasteiger partial charge in [-0.3, -0.25) is 9.63 Å². The zero-order chi connectivity index (χ0) is 14.5. The maximum atomic E-state index is 11.9. The number of nitrogens with zero attached hydrogens (tertiary/aromatic N) is 1. The van der Waals surface area contributed by atoms with E-state index in [2.05, 4.69) is 5.32 Å². The van der Waals surface area contributed by atoms with Crippen molar-refractivity contribution in [2.24, 2.45) is 0 Å². The van der Waals surface area contributed by atoms with Crippen LogP contribution < -0.4 is 11.1 Å². The van der Waals surface area contributed by atoms with Gasteiger partial charge in [-0.1, -0.05) is 23.2 Å². The molecule has 1 aromatic rings. The summed E-state index contributed by atoms with van der Waals surface area (Å²) in [6.07, 6.45) is 2.15. The largest absolute Gasteiger partial charge is 0.397 e. The van der Waals surface area contributed by atoms with Crippen molar-refractivity contribution in [2.45, 2.75) is 19.3 Å². The monoisotopic (exact) mass is 317 g/mol. The first-order valence-corrected chi connectivity index (χ1v) is 7.24. The lowest BCUT2D eigenvalue weighted by molar-refractivity contribution is -0.120. The van der Waals surface area contributed by atoms with Gasteiger partial charge >= 0.3 is 0 Å². The Labute approximate surface area is 127 Å². The standard InChI is InChI=1S/C13H17Cl2N3O2/c14-9-7-10(15)13(11(16)8-9)17-12(19)3-1-4-18-5-2-6-20-18/h7-8H,1-6,16H2,(H,17,19). The highest BCUT2D eigenvalue weighted by Gasteiger charge is 2.14. The third-order valence-electron chi connectivity index (χ3n) is 2.99. The fraction of sp³-hybridized carbons (Fsp3) is 0.462. The van der Waals surface area contributed by atoms with Crippen LogP contribution in [0.5, 0.6) is 0 Å². The molecule has 0 spiro atoms. The number of nitrogen functional groups attached to an aromatic ring is 1. The summed E-state index contributed by atoms with van der Waals surface area (Å²) in [5, 5.41) is 5.38. The minimum atomic E-state index is -0.125. The Kier molecular flexibility index (Phi) is 5.48. The van der Waals surface area contributed by atoms with Gasteiger partial charge in [-0.05, 0) is 25.0 Å². The number of nitrogens with one attached hydrogen (secondary N) is 1. The van der Waals surface area contributed by atoms with Gasteiger partial charge in [0.15, 0.2) is 0 Å². The molecule has 1 amide bonds. The molecule has 2 rings (SSSR count). The van der Waals surface area contributed by atoms with Crippen LogP contribution in [0.3, 0.4) is 0 Å². The van der Waals surface area contributed by atoms with Crippen molar-refractivity contribution in [1.82, 2.24) is 5.06 Å². The zero-order valence-electron chi connectivity index (χ0n) is 11.0. The van der Waals surface area contributed by atoms with E-state index >= 15 is 0 Å². The predicted molar refractivity (Wildman–Crippen MR) is 80.9 cm³/mol. The lowest BCUT2D eigenvalue weighted by atomic mass is 10.2. The van der Waals surface area contributed by atoms with E-state index in [1.54, 1.807) is 12.1 Å². The van der Waals surface area contributed by atoms with Gasteiger partial charge in [-0.25, -0.2) is 0 Å². The van der Waals surface area contributed by atoms with E-state index in [1.165, 1.54) is 0 Å². The van der Waals surface area contributed by atoms with Gasteiger partial charge in [0.1, 0.15) is 0 Å². The Bertz CT molecular complexity index is 467. The highest BCUT2D eigenvalue weighted by atomic mass is 35.5. The van der Waals surface area contributed by atoms with Crippen molar-refractivity contribution in [1.29, 1.82) is 0 Å². The van der Waals surface area contributed by atoms with E-state index in [1.807, 2.05) is 5.06 Å². The van der Waals surface area contributed by atoms with Crippen molar-refractivity contribution in [3.05, 3.63) is 22.2 Å². The first-order chi connectivity index (χ1) is 9.56. The van der Waals surface area contributed by atoms with Gasteiger partial charge in [-0.2, -0.15) is 5.06 Å². The highest BCUT2D eigenvalue weighted by molar-refractivity contribution is 6.37. The highest BCUT2D eigenvalue weighted by Crippen LogP contribution is 2.32. The van der Waals surface area contributed by atoms with E-state index in [9.17, 15) is 4.79 Å². The molecule has 0 atom stereocenters. The molecule has 20 heavy (non-hydrogen) atoms. The maximum absolute atomic E-state index is 11.9. The van der Waals surface area contributed by atoms with Crippen LogP contribution in [0.25, 0.3) is 0 Å². The van der Waals surface area contributed by atoms with E-state index < -0.39 is 0 Å². The third kappa shape index (κ3) is 4.24. The normalized spacial score (nSPS) is 15.5. The van der Waals surface area contributed by atoms with Crippen molar-refractivity contribution in [3.63, 3.8) is 0 Å². The Balaban J connectivity index is 1.82. The number of halogens is 2. The molecule has 1 aliphatic heterocycles. The summed E-state index contributed by atoms with van der Waals surface area (Å²) in [6, 6.07) is 3.11. The second-order valence-electron chi connectivity index (χ2n) is 4.62. The molecule has 0 aromatic heterocycles. The molecule has 0 bridgehead atoms. The summed E-state index contributed by atoms with van der Waals surface area (Å²) in [7, 11) is 0. The molecule has 1 aliphatic rings. The predicted octanol–water partition coefficient (Wildman–Crippen LogP) is 2.93. The SMILES string of the molecule is Nc1cc(Cl)cc(Cl)c1NC(=O)CCCN1CCCO1. The summed E-state index contributed by atoms with van der Waals surface area (Å²) < 4.78 is 0. The number of nitrogens with two attached hydrogens (primary N) is 1. The molecular weight excluding hydrogens is 301 g/mol. The number of carbonyl (C=O) groups is 1. The molecule has 5 nitrogen and oxygen atoms in total. The van der Waals surface area contributed by atoms with Gasteiger partial charge in [-0.15, -0.1) is 0 Å². The van der Waals surface area contributed by atoms with Gasteiger partial charge in [0.2, 0.25) is 5.91 Å². The van der Waals surface area contributed by atoms with Gasteiger partial charge < -0.3 is 11.1 Å². The number of carbonyl (C=O) groups excluding carboxylic acids is 1. The summed E-state index contributed by atoms with van der Waals surface area (Å²) in [6.45, 7) is 2.44. The second-order valence-corrected chi connectivity index (χ2v) is 5.46. The molecule has 1 saturated heterocycles. The lowest BCUT2D eigenvalue weighted by Crippen LogP contribution is -2.21. The first-order valence-electron chi connectivity index (χ1n) is 6.48. The van der Waals surface area contributed by atoms with Crippen molar-refractivity contribution in [2.75, 3.05) is 30.7 Å². The van der Waals surface area contributed by atoms with Crippen LogP contribution in [0.4, 0.5) is 11.4 Å². The molecule has 110 valence electrons. The molecule has 7 heteroatoms. The first kappa shape index (κ1) is 15.4. The zero-order valence-corrected chi connectivity index (χ0v) is 12.5. The number of hydroxylamine groups is 2. The number of hydrogen-bond acceptors (Lipinski definition) is 4. The Morgan fingerprint density at radius 2 is 2.25 bits per heavy atom. The summed E-state index contributed by atoms with van der Waals surface area (Å²) in [5.41, 5.74) is 6.56. The van der Waals surface area contributed by atoms with Crippen LogP contribution in [-0.2, 0) is 9.63 Å². The molecule has 0 aliphatic carbocycles. The van der Waals surface area contributed by atoms with Crippen LogP contribution in [-0.4, -0.2) is 30.7 Å². The lowest BCUT2D eigenvalue weighted by Gasteiger charge is -2.14. The summed E-state index contributed by atoms with van der Waals surface area (Å²) >= 11 is 11.8. The van der Waals surface area contributed by atoms with Crippen LogP contribution in [0.2, 0.25) is 10.0 Å². The molecule has 1 heterocycles. The quantitative estimate of drug-likeness (QED) is 0.819. The van der Waals surface area contributed by atoms with Crippen LogP contribution in [0.1, 0.15) is 19.3 Å². The number of amides is 1. The van der Waals surface area contributed by atoms with E-state index in [0.717, 1.165) is 32.5 Å². The Morgan fingerprint density at radius 1 is 1.45 bits per heavy atom. The number of rotatable bonds is 5. The van der Waals surface area contributed by atoms with Gasteiger partial charge in [0.25, 0.3) is 0 Å². The fourth-order valence-corrected chi connectivity index (χ4v) is 2.58.